The summed E-state index contributed by atoms with van der Waals surface area (Å²) in [7, 11) is 2.64. The first-order valence-corrected chi connectivity index (χ1v) is 5.11. The molecule has 0 saturated heterocycles. The van der Waals surface area contributed by atoms with Crippen LogP contribution in [-0.4, -0.2) is 26.2 Å². The lowest BCUT2D eigenvalue weighted by Gasteiger charge is -2.05. The molecule has 1 aromatic rings. The van der Waals surface area contributed by atoms with E-state index in [1.165, 1.54) is 20.3 Å². The number of nitrogens with two attached hydrogens (primary N) is 1. The number of ether oxygens (including phenoxy) is 2. The highest BCUT2D eigenvalue weighted by molar-refractivity contribution is 5.90. The van der Waals surface area contributed by atoms with Crippen LogP contribution >= 0.6 is 0 Å². The molecule has 2 N–H and O–H groups in total. The number of aryl methyl sites for hydroxylation is 1. The molecule has 0 aliphatic carbocycles. The Morgan fingerprint density at radius 3 is 2.47 bits per heavy atom. The number of hydrogen-bond acceptors (Lipinski definition) is 5. The summed E-state index contributed by atoms with van der Waals surface area (Å²) in [5, 5.41) is 0. The maximum atomic E-state index is 11.3. The van der Waals surface area contributed by atoms with Crippen molar-refractivity contribution < 1.29 is 19.1 Å². The van der Waals surface area contributed by atoms with Crippen molar-refractivity contribution >= 4 is 17.6 Å². The molecule has 0 atom stereocenters. The molecule has 17 heavy (non-hydrogen) atoms. The monoisotopic (exact) mass is 237 g/mol. The number of carbonyl (C=O) groups excluding carboxylic acids is 2. The number of nitrogen functional groups attached to an aromatic ring is 1. The topological polar surface area (TPSA) is 78.6 Å². The molecular weight excluding hydrogens is 222 g/mol. The fourth-order valence-electron chi connectivity index (χ4n) is 1.45. The summed E-state index contributed by atoms with van der Waals surface area (Å²) in [6.45, 7) is 0. The van der Waals surface area contributed by atoms with Crippen molar-refractivity contribution in [1.82, 2.24) is 0 Å². The van der Waals surface area contributed by atoms with Crippen LogP contribution in [0, 0.1) is 0 Å². The van der Waals surface area contributed by atoms with Crippen molar-refractivity contribution in [1.29, 1.82) is 0 Å². The lowest BCUT2D eigenvalue weighted by Crippen LogP contribution is -2.05. The van der Waals surface area contributed by atoms with Gasteiger partial charge in [-0.1, -0.05) is 0 Å². The predicted octanol–water partition coefficient (Wildman–Crippen LogP) is 1.16. The fourth-order valence-corrected chi connectivity index (χ4v) is 1.45. The Bertz CT molecular complexity index is 429. The van der Waals surface area contributed by atoms with Crippen LogP contribution in [0.15, 0.2) is 18.2 Å². The molecular formula is C12H15NO4. The van der Waals surface area contributed by atoms with Gasteiger partial charge in [-0.05, 0) is 30.2 Å². The predicted molar refractivity (Wildman–Crippen MR) is 62.5 cm³/mol. The van der Waals surface area contributed by atoms with Crippen molar-refractivity contribution in [3.8, 4) is 0 Å². The second kappa shape index (κ2) is 5.89. The molecule has 0 bridgehead atoms. The number of rotatable bonds is 4. The zero-order chi connectivity index (χ0) is 12.8. The van der Waals surface area contributed by atoms with Gasteiger partial charge in [0.25, 0.3) is 0 Å². The molecule has 0 radical (unpaired) electrons. The van der Waals surface area contributed by atoms with Crippen LogP contribution in [0.4, 0.5) is 5.69 Å². The van der Waals surface area contributed by atoms with Gasteiger partial charge in [-0.15, -0.1) is 0 Å². The highest BCUT2D eigenvalue weighted by Gasteiger charge is 2.09. The SMILES string of the molecule is COC(=O)CCc1cc(N)cc(C(=O)OC)c1. The van der Waals surface area contributed by atoms with Gasteiger partial charge >= 0.3 is 11.9 Å². The first-order valence-electron chi connectivity index (χ1n) is 5.11. The molecule has 0 saturated carbocycles. The first-order chi connectivity index (χ1) is 8.06. The number of methoxy groups -OCH3 is 2. The van der Waals surface area contributed by atoms with Crippen molar-refractivity contribution in [2.75, 3.05) is 20.0 Å². The van der Waals surface area contributed by atoms with Crippen LogP contribution in [0.5, 0.6) is 0 Å². The Kier molecular flexibility index (Phi) is 4.51. The third-order valence-electron chi connectivity index (χ3n) is 2.28. The molecule has 1 rings (SSSR count). The molecule has 0 aliphatic rings. The minimum Gasteiger partial charge on any atom is -0.469 e. The standard InChI is InChI=1S/C12H15NO4/c1-16-11(14)4-3-8-5-9(12(15)17-2)7-10(13)6-8/h5-7H,3-4,13H2,1-2H3. The van der Waals surface area contributed by atoms with Crippen LogP contribution in [0.3, 0.4) is 0 Å². The highest BCUT2D eigenvalue weighted by atomic mass is 16.5. The van der Waals surface area contributed by atoms with Crippen molar-refractivity contribution in [2.45, 2.75) is 12.8 Å². The first kappa shape index (κ1) is 13.0. The highest BCUT2D eigenvalue weighted by Crippen LogP contribution is 2.14. The van der Waals surface area contributed by atoms with Crippen LogP contribution in [-0.2, 0) is 20.7 Å². The molecule has 5 nitrogen and oxygen atoms in total. The van der Waals surface area contributed by atoms with Gasteiger partial charge in [0.05, 0.1) is 19.8 Å². The molecule has 5 heteroatoms. The molecule has 0 fully saturated rings. The summed E-state index contributed by atoms with van der Waals surface area (Å²) in [6, 6.07) is 4.91. The number of hydrogen-bond donors (Lipinski definition) is 1. The zero-order valence-electron chi connectivity index (χ0n) is 9.86. The fraction of sp³-hybridized carbons (Fsp3) is 0.333. The minimum atomic E-state index is -0.448. The second-order valence-electron chi connectivity index (χ2n) is 3.53. The van der Waals surface area contributed by atoms with E-state index in [4.69, 9.17) is 5.73 Å². The van der Waals surface area contributed by atoms with E-state index >= 15 is 0 Å². The summed E-state index contributed by atoms with van der Waals surface area (Å²) < 4.78 is 9.15. The summed E-state index contributed by atoms with van der Waals surface area (Å²) >= 11 is 0. The normalized spacial score (nSPS) is 9.76. The Labute approximate surface area is 99.5 Å². The van der Waals surface area contributed by atoms with Crippen LogP contribution < -0.4 is 5.73 Å². The number of anilines is 1. The van der Waals surface area contributed by atoms with Gasteiger partial charge in [0.1, 0.15) is 0 Å². The third-order valence-corrected chi connectivity index (χ3v) is 2.28. The van der Waals surface area contributed by atoms with Gasteiger partial charge in [-0.3, -0.25) is 4.79 Å². The van der Waals surface area contributed by atoms with E-state index in [9.17, 15) is 9.59 Å². The smallest absolute Gasteiger partial charge is 0.337 e. The van der Waals surface area contributed by atoms with E-state index < -0.39 is 5.97 Å². The van der Waals surface area contributed by atoms with Gasteiger partial charge in [0, 0.05) is 12.1 Å². The molecule has 0 aliphatic heterocycles. The number of esters is 2. The zero-order valence-corrected chi connectivity index (χ0v) is 9.86. The summed E-state index contributed by atoms with van der Waals surface area (Å²) in [4.78, 5) is 22.3. The molecule has 1 aromatic carbocycles. The van der Waals surface area contributed by atoms with Crippen LogP contribution in [0.25, 0.3) is 0 Å². The average molecular weight is 237 g/mol. The summed E-state index contributed by atoms with van der Waals surface area (Å²) in [5.74, 6) is -0.747. The van der Waals surface area contributed by atoms with Gasteiger partial charge in [0.2, 0.25) is 0 Å². The van der Waals surface area contributed by atoms with Gasteiger partial charge in [-0.25, -0.2) is 4.79 Å². The Morgan fingerprint density at radius 2 is 1.88 bits per heavy atom. The lowest BCUT2D eigenvalue weighted by atomic mass is 10.1. The average Bonchev–Trinajstić information content (AvgIpc) is 2.34. The van der Waals surface area contributed by atoms with Crippen molar-refractivity contribution in [2.24, 2.45) is 0 Å². The molecule has 0 unspecified atom stereocenters. The summed E-state index contributed by atoms with van der Waals surface area (Å²) in [5.41, 5.74) is 7.32. The van der Waals surface area contributed by atoms with E-state index in [-0.39, 0.29) is 12.4 Å². The van der Waals surface area contributed by atoms with Crippen molar-refractivity contribution in [3.63, 3.8) is 0 Å². The van der Waals surface area contributed by atoms with E-state index in [0.717, 1.165) is 5.56 Å². The van der Waals surface area contributed by atoms with E-state index in [0.29, 0.717) is 17.7 Å². The Hall–Kier alpha value is -2.04. The van der Waals surface area contributed by atoms with E-state index in [1.54, 1.807) is 12.1 Å². The van der Waals surface area contributed by atoms with Gasteiger partial charge < -0.3 is 15.2 Å². The second-order valence-corrected chi connectivity index (χ2v) is 3.53. The van der Waals surface area contributed by atoms with Crippen molar-refractivity contribution in [3.05, 3.63) is 29.3 Å². The third kappa shape index (κ3) is 3.79. The van der Waals surface area contributed by atoms with E-state index in [1.807, 2.05) is 0 Å². The van der Waals surface area contributed by atoms with Crippen LogP contribution in [0.1, 0.15) is 22.3 Å². The maximum absolute atomic E-state index is 11.3. The minimum absolute atomic E-state index is 0.251. The maximum Gasteiger partial charge on any atom is 0.337 e. The Morgan fingerprint density at radius 1 is 1.18 bits per heavy atom. The van der Waals surface area contributed by atoms with Gasteiger partial charge in [0.15, 0.2) is 0 Å². The van der Waals surface area contributed by atoms with E-state index in [2.05, 4.69) is 9.47 Å². The number of carbonyl (C=O) groups is 2. The molecule has 0 aromatic heterocycles. The van der Waals surface area contributed by atoms with Crippen LogP contribution in [0.2, 0.25) is 0 Å². The molecule has 0 amide bonds. The molecule has 0 spiro atoms. The molecule has 92 valence electrons. The quantitative estimate of drug-likeness (QED) is 0.628. The molecule has 0 heterocycles. The van der Waals surface area contributed by atoms with Gasteiger partial charge in [-0.2, -0.15) is 0 Å². The Balaban J connectivity index is 2.82. The lowest BCUT2D eigenvalue weighted by molar-refractivity contribution is -0.140. The number of benzene rings is 1. The summed E-state index contributed by atoms with van der Waals surface area (Å²) in [6.07, 6.45) is 0.724. The largest absolute Gasteiger partial charge is 0.469 e.